The molecule has 0 unspecified atom stereocenters. The van der Waals surface area contributed by atoms with Crippen LogP contribution in [0.3, 0.4) is 0 Å². The third-order valence-corrected chi connectivity index (χ3v) is 7.52. The predicted octanol–water partition coefficient (Wildman–Crippen LogP) is 6.00. The molecule has 2 heterocycles. The summed E-state index contributed by atoms with van der Waals surface area (Å²) in [6, 6.07) is 20.1. The summed E-state index contributed by atoms with van der Waals surface area (Å²) in [6.07, 6.45) is 1.66. The van der Waals surface area contributed by atoms with E-state index in [0.29, 0.717) is 27.9 Å². The van der Waals surface area contributed by atoms with Crippen molar-refractivity contribution >= 4 is 39.5 Å². The second kappa shape index (κ2) is 11.6. The van der Waals surface area contributed by atoms with Gasteiger partial charge in [0, 0.05) is 16.0 Å². The molecule has 0 saturated carbocycles. The number of ether oxygens (including phenoxy) is 1. The molecule has 3 atom stereocenters. The number of urea groups is 1. The Morgan fingerprint density at radius 2 is 1.85 bits per heavy atom. The van der Waals surface area contributed by atoms with Gasteiger partial charge in [-0.25, -0.2) is 9.78 Å². The van der Waals surface area contributed by atoms with Gasteiger partial charge in [0.2, 0.25) is 0 Å². The topological polar surface area (TPSA) is 108 Å². The Morgan fingerprint density at radius 3 is 2.54 bits per heavy atom. The first kappa shape index (κ1) is 26.9. The van der Waals surface area contributed by atoms with Crippen LogP contribution in [-0.4, -0.2) is 45.1 Å². The maximum Gasteiger partial charge on any atom is 0.325 e. The highest BCUT2D eigenvalue weighted by Gasteiger charge is 2.46. The van der Waals surface area contributed by atoms with Gasteiger partial charge in [-0.15, -0.1) is 0 Å². The van der Waals surface area contributed by atoms with Gasteiger partial charge in [0.05, 0.1) is 23.5 Å². The molecule has 0 aliphatic carbocycles. The number of imidazole rings is 1. The predicted molar refractivity (Wildman–Crippen MR) is 151 cm³/mol. The molecule has 200 valence electrons. The minimum Gasteiger partial charge on any atom is -0.491 e. The van der Waals surface area contributed by atoms with E-state index in [-0.39, 0.29) is 25.0 Å². The second-order valence-corrected chi connectivity index (χ2v) is 10.5. The van der Waals surface area contributed by atoms with Crippen molar-refractivity contribution in [2.24, 2.45) is 0 Å². The lowest BCUT2D eigenvalue weighted by molar-refractivity contribution is -0.129. The summed E-state index contributed by atoms with van der Waals surface area (Å²) in [6.45, 7) is 2.04. The average Bonchev–Trinajstić information content (AvgIpc) is 3.53. The molecule has 0 spiro atoms. The molecule has 1 aliphatic heterocycles. The number of imide groups is 1. The number of rotatable bonds is 9. The summed E-state index contributed by atoms with van der Waals surface area (Å²) in [4.78, 5) is 36.4. The SMILES string of the molecule is C[C@H](c1ccccc1)[C@@H](c1ncc(-c2ccc(Br)cc2Cl)[nH]1)N1C(=O)N[C@H](c2ccc(OCCO)cc2)C1=O. The molecular weight excluding hydrogens is 584 g/mol. The lowest BCUT2D eigenvalue weighted by atomic mass is 9.91. The zero-order valence-electron chi connectivity index (χ0n) is 21.0. The number of carbonyl (C=O) groups excluding carboxylic acids is 2. The van der Waals surface area contributed by atoms with Crippen molar-refractivity contribution in [3.05, 3.63) is 105 Å². The van der Waals surface area contributed by atoms with E-state index in [1.54, 1.807) is 36.5 Å². The summed E-state index contributed by atoms with van der Waals surface area (Å²) in [5.74, 6) is 0.383. The van der Waals surface area contributed by atoms with Gasteiger partial charge in [0.15, 0.2) is 0 Å². The number of aliphatic hydroxyl groups excluding tert-OH is 1. The molecule has 1 aliphatic rings. The number of benzene rings is 3. The fourth-order valence-electron chi connectivity index (χ4n) is 4.76. The van der Waals surface area contributed by atoms with E-state index in [1.807, 2.05) is 49.4 Å². The molecule has 1 saturated heterocycles. The fraction of sp³-hybridized carbons (Fsp3) is 0.207. The number of halogens is 2. The molecule has 10 heteroatoms. The van der Waals surface area contributed by atoms with Gasteiger partial charge < -0.3 is 20.1 Å². The number of nitrogens with one attached hydrogen (secondary N) is 2. The van der Waals surface area contributed by atoms with E-state index in [9.17, 15) is 9.59 Å². The zero-order chi connectivity index (χ0) is 27.5. The summed E-state index contributed by atoms with van der Waals surface area (Å²) < 4.78 is 6.27. The minimum absolute atomic E-state index is 0.0998. The van der Waals surface area contributed by atoms with E-state index in [2.05, 4.69) is 31.2 Å². The van der Waals surface area contributed by atoms with E-state index in [4.69, 9.17) is 21.4 Å². The van der Waals surface area contributed by atoms with E-state index < -0.39 is 18.1 Å². The van der Waals surface area contributed by atoms with Crippen LogP contribution < -0.4 is 10.1 Å². The van der Waals surface area contributed by atoms with Gasteiger partial charge in [-0.1, -0.05) is 83.0 Å². The van der Waals surface area contributed by atoms with E-state index in [1.165, 1.54) is 4.90 Å². The number of aromatic amines is 1. The van der Waals surface area contributed by atoms with Crippen LogP contribution in [-0.2, 0) is 4.79 Å². The summed E-state index contributed by atoms with van der Waals surface area (Å²) in [7, 11) is 0. The first-order chi connectivity index (χ1) is 18.9. The van der Waals surface area contributed by atoms with Gasteiger partial charge in [-0.3, -0.25) is 9.69 Å². The number of H-pyrrole nitrogens is 1. The molecule has 1 aromatic heterocycles. The number of amides is 3. The van der Waals surface area contributed by atoms with E-state index in [0.717, 1.165) is 15.6 Å². The van der Waals surface area contributed by atoms with E-state index >= 15 is 0 Å². The number of hydrogen-bond acceptors (Lipinski definition) is 5. The molecule has 8 nitrogen and oxygen atoms in total. The second-order valence-electron chi connectivity index (χ2n) is 9.18. The molecule has 1 fully saturated rings. The molecule has 3 amide bonds. The van der Waals surface area contributed by atoms with Crippen LogP contribution in [0.5, 0.6) is 5.75 Å². The highest BCUT2D eigenvalue weighted by molar-refractivity contribution is 9.10. The standard InChI is InChI=1S/C29H26BrClN4O4/c1-17(18-5-3-2-4-6-18)26(27-32-16-24(33-27)22-12-9-20(30)15-23(22)31)35-28(37)25(34-29(35)38)19-7-10-21(11-8-19)39-14-13-36/h2-12,15-17,25-26,36H,13-14H2,1H3,(H,32,33)(H,34,38)/t17-,25-,26+/m1/s1. The number of nitrogens with zero attached hydrogens (tertiary/aromatic N) is 2. The van der Waals surface area contributed by atoms with Crippen LogP contribution in [0, 0.1) is 0 Å². The first-order valence-corrected chi connectivity index (χ1v) is 13.6. The van der Waals surface area contributed by atoms with Crippen molar-refractivity contribution < 1.29 is 19.4 Å². The summed E-state index contributed by atoms with van der Waals surface area (Å²) in [5, 5.41) is 12.3. The van der Waals surface area contributed by atoms with Crippen molar-refractivity contribution in [3.63, 3.8) is 0 Å². The third-order valence-electron chi connectivity index (χ3n) is 6.72. The highest BCUT2D eigenvalue weighted by Crippen LogP contribution is 2.40. The number of hydrogen-bond donors (Lipinski definition) is 3. The Balaban J connectivity index is 1.50. The molecule has 5 rings (SSSR count). The Kier molecular flexibility index (Phi) is 8.02. The van der Waals surface area contributed by atoms with Crippen LogP contribution >= 0.6 is 27.5 Å². The Labute approximate surface area is 239 Å². The largest absolute Gasteiger partial charge is 0.491 e. The van der Waals surface area contributed by atoms with Gasteiger partial charge in [-0.05, 0) is 35.4 Å². The molecule has 3 N–H and O–H groups in total. The normalized spacial score (nSPS) is 16.7. The van der Waals surface area contributed by atoms with Gasteiger partial charge in [-0.2, -0.15) is 0 Å². The smallest absolute Gasteiger partial charge is 0.325 e. The van der Waals surface area contributed by atoms with Crippen LogP contribution in [0.1, 0.15) is 41.9 Å². The monoisotopic (exact) mass is 608 g/mol. The van der Waals surface area contributed by atoms with Gasteiger partial charge >= 0.3 is 6.03 Å². The van der Waals surface area contributed by atoms with Crippen molar-refractivity contribution in [2.45, 2.75) is 24.9 Å². The molecule has 0 bridgehead atoms. The number of carbonyl (C=O) groups is 2. The zero-order valence-corrected chi connectivity index (χ0v) is 23.3. The lowest BCUT2D eigenvalue weighted by Crippen LogP contribution is -2.38. The van der Waals surface area contributed by atoms with Gasteiger partial charge in [0.1, 0.15) is 30.3 Å². The Hall–Kier alpha value is -3.66. The lowest BCUT2D eigenvalue weighted by Gasteiger charge is -2.29. The van der Waals surface area contributed by atoms with Crippen molar-refractivity contribution in [3.8, 4) is 17.0 Å². The van der Waals surface area contributed by atoms with Crippen molar-refractivity contribution in [2.75, 3.05) is 13.2 Å². The first-order valence-electron chi connectivity index (χ1n) is 12.4. The highest BCUT2D eigenvalue weighted by atomic mass is 79.9. The Bertz CT molecular complexity index is 1480. The molecule has 0 radical (unpaired) electrons. The van der Waals surface area contributed by atoms with Crippen LogP contribution in [0.15, 0.2) is 83.5 Å². The number of aliphatic hydroxyl groups is 1. The van der Waals surface area contributed by atoms with Crippen LogP contribution in [0.4, 0.5) is 4.79 Å². The molecule has 3 aromatic carbocycles. The fourth-order valence-corrected chi connectivity index (χ4v) is 5.53. The van der Waals surface area contributed by atoms with Crippen molar-refractivity contribution in [1.29, 1.82) is 0 Å². The van der Waals surface area contributed by atoms with Crippen LogP contribution in [0.2, 0.25) is 5.02 Å². The summed E-state index contributed by atoms with van der Waals surface area (Å²) in [5.41, 5.74) is 3.01. The average molecular weight is 610 g/mol. The maximum absolute atomic E-state index is 13.8. The van der Waals surface area contributed by atoms with Crippen LogP contribution in [0.25, 0.3) is 11.3 Å². The number of aromatic nitrogens is 2. The van der Waals surface area contributed by atoms with Crippen molar-refractivity contribution in [1.82, 2.24) is 20.2 Å². The third kappa shape index (κ3) is 5.56. The van der Waals surface area contributed by atoms with Gasteiger partial charge in [0.25, 0.3) is 5.91 Å². The summed E-state index contributed by atoms with van der Waals surface area (Å²) >= 11 is 9.91. The maximum atomic E-state index is 13.8. The quantitative estimate of drug-likeness (QED) is 0.202. The Morgan fingerprint density at radius 1 is 1.10 bits per heavy atom. The molecule has 4 aromatic rings. The molecular formula is C29H26BrClN4O4. The minimum atomic E-state index is -0.856. The molecule has 39 heavy (non-hydrogen) atoms.